The minimum Gasteiger partial charge on any atom is -0.480 e. The van der Waals surface area contributed by atoms with Crippen LogP contribution in [-0.4, -0.2) is 70.3 Å². The van der Waals surface area contributed by atoms with Crippen molar-refractivity contribution in [3.8, 4) is 0 Å². The molecule has 0 aliphatic carbocycles. The normalized spacial score (nSPS) is 20.0. The third kappa shape index (κ3) is 6.97. The van der Waals surface area contributed by atoms with Gasteiger partial charge in [-0.1, -0.05) is 20.3 Å². The van der Waals surface area contributed by atoms with Gasteiger partial charge in [0, 0.05) is 13.0 Å². The van der Waals surface area contributed by atoms with Gasteiger partial charge in [0.1, 0.15) is 18.1 Å². The molecule has 1 aliphatic heterocycles. The van der Waals surface area contributed by atoms with Gasteiger partial charge < -0.3 is 32.1 Å². The number of hydrogen-bond acceptors (Lipinski definition) is 6. The second kappa shape index (κ2) is 11.5. The molecule has 1 aliphatic rings. The Morgan fingerprint density at radius 3 is 2.30 bits per heavy atom. The van der Waals surface area contributed by atoms with Gasteiger partial charge in [-0.15, -0.1) is 0 Å². The van der Waals surface area contributed by atoms with Crippen LogP contribution >= 0.6 is 0 Å². The zero-order valence-corrected chi connectivity index (χ0v) is 17.7. The molecule has 11 heteroatoms. The average molecular weight is 428 g/mol. The maximum atomic E-state index is 12.8. The van der Waals surface area contributed by atoms with Gasteiger partial charge in [0.25, 0.3) is 0 Å². The predicted octanol–water partition coefficient (Wildman–Crippen LogP) is -1.31. The Morgan fingerprint density at radius 2 is 1.77 bits per heavy atom. The number of likely N-dealkylation sites (tertiary alicyclic amines) is 1. The van der Waals surface area contributed by atoms with Crippen molar-refractivity contribution in [2.75, 3.05) is 6.54 Å². The van der Waals surface area contributed by atoms with E-state index in [0.29, 0.717) is 25.8 Å². The van der Waals surface area contributed by atoms with E-state index >= 15 is 0 Å². The van der Waals surface area contributed by atoms with Crippen LogP contribution in [0.4, 0.5) is 0 Å². The number of rotatable bonds is 11. The monoisotopic (exact) mass is 427 g/mol. The molecule has 4 amide bonds. The first-order valence-corrected chi connectivity index (χ1v) is 10.2. The smallest absolute Gasteiger partial charge is 0.326 e. The first kappa shape index (κ1) is 25.3. The summed E-state index contributed by atoms with van der Waals surface area (Å²) in [4.78, 5) is 61.2. The van der Waals surface area contributed by atoms with Crippen molar-refractivity contribution in [3.05, 3.63) is 0 Å². The lowest BCUT2D eigenvalue weighted by Crippen LogP contribution is -2.58. The fourth-order valence-corrected chi connectivity index (χ4v) is 3.29. The van der Waals surface area contributed by atoms with Crippen molar-refractivity contribution in [2.45, 2.75) is 77.0 Å². The summed E-state index contributed by atoms with van der Waals surface area (Å²) in [5, 5.41) is 14.4. The number of aliphatic carboxylic acids is 1. The van der Waals surface area contributed by atoms with E-state index in [1.54, 1.807) is 6.92 Å². The zero-order valence-electron chi connectivity index (χ0n) is 17.7. The molecular weight excluding hydrogens is 394 g/mol. The third-order valence-electron chi connectivity index (χ3n) is 5.38. The van der Waals surface area contributed by atoms with Crippen LogP contribution in [0.3, 0.4) is 0 Å². The summed E-state index contributed by atoms with van der Waals surface area (Å²) in [5.41, 5.74) is 10.8. The van der Waals surface area contributed by atoms with Gasteiger partial charge in [-0.05, 0) is 32.1 Å². The molecule has 5 unspecified atom stereocenters. The Kier molecular flexibility index (Phi) is 9.70. The third-order valence-corrected chi connectivity index (χ3v) is 5.38. The van der Waals surface area contributed by atoms with Crippen molar-refractivity contribution in [2.24, 2.45) is 17.4 Å². The number of nitrogens with zero attached hydrogens (tertiary/aromatic N) is 1. The molecule has 5 atom stereocenters. The Morgan fingerprint density at radius 1 is 1.13 bits per heavy atom. The average Bonchev–Trinajstić information content (AvgIpc) is 3.18. The molecule has 1 heterocycles. The van der Waals surface area contributed by atoms with Gasteiger partial charge in [0.15, 0.2) is 0 Å². The maximum absolute atomic E-state index is 12.8. The van der Waals surface area contributed by atoms with Crippen molar-refractivity contribution in [3.63, 3.8) is 0 Å². The molecule has 1 rings (SSSR count). The fourth-order valence-electron chi connectivity index (χ4n) is 3.29. The molecule has 0 saturated carbocycles. The number of nitrogens with two attached hydrogens (primary N) is 2. The Balaban J connectivity index is 2.78. The van der Waals surface area contributed by atoms with Crippen LogP contribution in [0.25, 0.3) is 0 Å². The number of carbonyl (C=O) groups excluding carboxylic acids is 4. The molecule has 7 N–H and O–H groups in total. The summed E-state index contributed by atoms with van der Waals surface area (Å²) in [7, 11) is 0. The van der Waals surface area contributed by atoms with Gasteiger partial charge in [-0.3, -0.25) is 19.2 Å². The van der Waals surface area contributed by atoms with Crippen LogP contribution in [0.5, 0.6) is 0 Å². The van der Waals surface area contributed by atoms with E-state index in [0.717, 1.165) is 0 Å². The number of amides is 4. The lowest BCUT2D eigenvalue weighted by atomic mass is 9.97. The van der Waals surface area contributed by atoms with Crippen LogP contribution in [0, 0.1) is 5.92 Å². The first-order chi connectivity index (χ1) is 14.0. The van der Waals surface area contributed by atoms with Crippen molar-refractivity contribution in [1.29, 1.82) is 0 Å². The molecule has 1 fully saturated rings. The summed E-state index contributed by atoms with van der Waals surface area (Å²) >= 11 is 0. The number of carbonyl (C=O) groups is 5. The number of carboxylic acid groups (broad SMARTS) is 1. The SMILES string of the molecule is CCC(C)C(NC(=O)C(N)CCC(N)=O)C(=O)NC(C)C(=O)N1CCCC1C(=O)O. The highest BCUT2D eigenvalue weighted by Crippen LogP contribution is 2.18. The van der Waals surface area contributed by atoms with Gasteiger partial charge in [0.2, 0.25) is 23.6 Å². The van der Waals surface area contributed by atoms with E-state index in [1.165, 1.54) is 11.8 Å². The van der Waals surface area contributed by atoms with E-state index in [-0.39, 0.29) is 18.8 Å². The zero-order chi connectivity index (χ0) is 23.0. The van der Waals surface area contributed by atoms with Crippen LogP contribution in [0.15, 0.2) is 0 Å². The highest BCUT2D eigenvalue weighted by molar-refractivity contribution is 5.94. The van der Waals surface area contributed by atoms with Crippen molar-refractivity contribution in [1.82, 2.24) is 15.5 Å². The van der Waals surface area contributed by atoms with E-state index in [9.17, 15) is 29.1 Å². The Bertz CT molecular complexity index is 670. The van der Waals surface area contributed by atoms with Gasteiger partial charge in [-0.2, -0.15) is 0 Å². The number of hydrogen-bond donors (Lipinski definition) is 5. The summed E-state index contributed by atoms with van der Waals surface area (Å²) in [6, 6.07) is -3.79. The highest BCUT2D eigenvalue weighted by atomic mass is 16.4. The van der Waals surface area contributed by atoms with Crippen LogP contribution in [0.1, 0.15) is 52.9 Å². The highest BCUT2D eigenvalue weighted by Gasteiger charge is 2.37. The minimum absolute atomic E-state index is 0.0520. The van der Waals surface area contributed by atoms with Crippen LogP contribution < -0.4 is 22.1 Å². The Labute approximate surface area is 175 Å². The molecule has 0 bridgehead atoms. The molecule has 30 heavy (non-hydrogen) atoms. The quantitative estimate of drug-likeness (QED) is 0.271. The molecule has 0 aromatic rings. The molecule has 0 spiro atoms. The van der Waals surface area contributed by atoms with Crippen LogP contribution in [0.2, 0.25) is 0 Å². The van der Waals surface area contributed by atoms with Crippen molar-refractivity contribution >= 4 is 29.6 Å². The topological polar surface area (TPSA) is 185 Å². The predicted molar refractivity (Wildman–Crippen MR) is 108 cm³/mol. The second-order valence-electron chi connectivity index (χ2n) is 7.74. The molecule has 0 aromatic heterocycles. The first-order valence-electron chi connectivity index (χ1n) is 10.2. The van der Waals surface area contributed by atoms with Gasteiger partial charge in [0.05, 0.1) is 6.04 Å². The van der Waals surface area contributed by atoms with E-state index in [2.05, 4.69) is 10.6 Å². The number of nitrogens with one attached hydrogen (secondary N) is 2. The Hall–Kier alpha value is -2.69. The van der Waals surface area contributed by atoms with E-state index in [4.69, 9.17) is 11.5 Å². The van der Waals surface area contributed by atoms with Crippen LogP contribution in [-0.2, 0) is 24.0 Å². The summed E-state index contributed by atoms with van der Waals surface area (Å²) in [6.45, 7) is 5.41. The largest absolute Gasteiger partial charge is 0.480 e. The molecule has 170 valence electrons. The molecule has 0 radical (unpaired) electrons. The number of primary amides is 1. The van der Waals surface area contributed by atoms with E-state index in [1.807, 2.05) is 6.92 Å². The lowest BCUT2D eigenvalue weighted by Gasteiger charge is -2.29. The lowest BCUT2D eigenvalue weighted by molar-refractivity contribution is -0.149. The second-order valence-corrected chi connectivity index (χ2v) is 7.74. The molecule has 11 nitrogen and oxygen atoms in total. The molecular formula is C19H33N5O6. The summed E-state index contributed by atoms with van der Waals surface area (Å²) in [5.74, 6) is -3.55. The van der Waals surface area contributed by atoms with Gasteiger partial charge in [-0.25, -0.2) is 4.79 Å². The fraction of sp³-hybridized carbons (Fsp3) is 0.737. The minimum atomic E-state index is -1.07. The van der Waals surface area contributed by atoms with Crippen molar-refractivity contribution < 1.29 is 29.1 Å². The molecule has 0 aromatic carbocycles. The summed E-state index contributed by atoms with van der Waals surface area (Å²) < 4.78 is 0. The molecule has 1 saturated heterocycles. The standard InChI is InChI=1S/C19H33N5O6/c1-4-10(2)15(23-16(26)12(20)7-8-14(21)25)17(27)22-11(3)18(28)24-9-5-6-13(24)19(29)30/h10-13,15H,4-9,20H2,1-3H3,(H2,21,25)(H,22,27)(H,23,26)(H,29,30). The van der Waals surface area contributed by atoms with Gasteiger partial charge >= 0.3 is 5.97 Å². The van der Waals surface area contributed by atoms with E-state index < -0.39 is 53.8 Å². The number of carboxylic acids is 1. The summed E-state index contributed by atoms with van der Waals surface area (Å²) in [6.07, 6.45) is 1.52. The maximum Gasteiger partial charge on any atom is 0.326 e.